The summed E-state index contributed by atoms with van der Waals surface area (Å²) in [5.74, 6) is -1.56. The van der Waals surface area contributed by atoms with Gasteiger partial charge in [0.2, 0.25) is 0 Å². The molecule has 0 heterocycles. The molecule has 0 atom stereocenters. The van der Waals surface area contributed by atoms with Crippen LogP contribution < -0.4 is 63.4 Å². The molecule has 0 radical (unpaired) electrons. The maximum atomic E-state index is 11.5. The minimum Gasteiger partial charge on any atom is -0.465 e. The molecule has 2 aromatic rings. The number of hydrogen-bond acceptors (Lipinski definition) is 14. The Balaban J connectivity index is -0.000000567. The van der Waals surface area contributed by atoms with Crippen molar-refractivity contribution < 1.29 is 97.1 Å². The van der Waals surface area contributed by atoms with Crippen molar-refractivity contribution in [1.82, 2.24) is 4.90 Å². The summed E-state index contributed by atoms with van der Waals surface area (Å²) >= 11 is -5.94. The first-order valence-corrected chi connectivity index (χ1v) is 13.2. The number of halogens is 1. The molecule has 0 bridgehead atoms. The predicted molar refractivity (Wildman–Crippen MR) is 124 cm³/mol. The molecule has 0 fully saturated rings. The van der Waals surface area contributed by atoms with Crippen LogP contribution in [0, 0.1) is 20.2 Å². The predicted octanol–water partition coefficient (Wildman–Crippen LogP) is -7.00. The molecule has 0 aliphatic rings. The standard InChI is InChI=1S/C12H14N2O4.C9H7NO5.CH4.IO4.Na/c1-13(2)8-7-9-5-4-6-10(12(15)18-3)11(9)14(16)17;1-15-9(12)7-4-2-3-6(5-11)8(7)10(13)14;;2-1(3,4)5;/h4-8H,1-3H3;2-5H,1H3;1H4;;/q;;;-1;+1/b8-7+;;;;. The number of nitrogens with zero attached hydrogens (tertiary/aromatic N) is 3. The smallest absolute Gasteiger partial charge is 0.465 e. The summed E-state index contributed by atoms with van der Waals surface area (Å²) in [5.41, 5.74) is -0.850. The second-order valence-corrected chi connectivity index (χ2v) is 8.92. The first kappa shape index (κ1) is 41.4. The molecule has 2 aromatic carbocycles. The van der Waals surface area contributed by atoms with Crippen molar-refractivity contribution in [2.75, 3.05) is 28.3 Å². The van der Waals surface area contributed by atoms with E-state index in [1.807, 2.05) is 0 Å². The molecule has 2 rings (SSSR count). The monoisotopic (exact) mass is 689 g/mol. The Bertz CT molecular complexity index is 1190. The van der Waals surface area contributed by atoms with Gasteiger partial charge in [0.05, 0.1) is 35.2 Å². The molecule has 0 saturated heterocycles. The third-order valence-corrected chi connectivity index (χ3v) is 3.99. The zero-order chi connectivity index (χ0) is 29.6. The summed E-state index contributed by atoms with van der Waals surface area (Å²) in [7, 11) is 5.90. The normalized spacial score (nSPS) is 9.70. The van der Waals surface area contributed by atoms with E-state index in [9.17, 15) is 34.6 Å². The van der Waals surface area contributed by atoms with Crippen molar-refractivity contribution in [1.29, 1.82) is 0 Å². The number of nitro groups is 2. The summed E-state index contributed by atoms with van der Waals surface area (Å²) in [6.45, 7) is 0. The average molecular weight is 689 g/mol. The minimum absolute atomic E-state index is 0. The SMILES string of the molecule is C.COC(=O)c1cccc(/C=C/N(C)C)c1[N+](=O)[O-].COC(=O)c1cccc(C=O)c1[N+](=O)[O-].[Na+].[O-][I+3]([O-])([O-])[O-]. The maximum absolute atomic E-state index is 11.5. The van der Waals surface area contributed by atoms with Gasteiger partial charge in [0.15, 0.2) is 6.29 Å². The van der Waals surface area contributed by atoms with Gasteiger partial charge in [-0.15, -0.1) is 0 Å². The molecule has 0 saturated carbocycles. The number of rotatable bonds is 7. The van der Waals surface area contributed by atoms with E-state index in [0.29, 0.717) is 11.8 Å². The fourth-order valence-corrected chi connectivity index (χ4v) is 2.54. The minimum atomic E-state index is -5.94. The van der Waals surface area contributed by atoms with Crippen LogP contribution in [0.1, 0.15) is 44.1 Å². The Labute approximate surface area is 257 Å². The quantitative estimate of drug-likeness (QED) is 0.0655. The van der Waals surface area contributed by atoms with Crippen molar-refractivity contribution in [2.45, 2.75) is 7.43 Å². The van der Waals surface area contributed by atoms with Gasteiger partial charge in [-0.05, 0) is 36.5 Å². The van der Waals surface area contributed by atoms with Gasteiger partial charge in [-0.1, -0.05) is 19.6 Å². The molecular weight excluding hydrogens is 664 g/mol. The maximum Gasteiger partial charge on any atom is 1.00 e. The Hall–Kier alpha value is -3.04. The number of nitro benzene ring substituents is 2. The van der Waals surface area contributed by atoms with E-state index in [-0.39, 0.29) is 59.4 Å². The third-order valence-electron chi connectivity index (χ3n) is 3.99. The Kier molecular flexibility index (Phi) is 20.6. The molecule has 214 valence electrons. The molecule has 0 amide bonds. The number of esters is 2. The number of aldehydes is 1. The molecular formula is C22H25IN3NaO13. The van der Waals surface area contributed by atoms with Gasteiger partial charge in [0, 0.05) is 14.1 Å². The van der Waals surface area contributed by atoms with Gasteiger partial charge in [-0.3, -0.25) is 38.8 Å². The largest absolute Gasteiger partial charge is 1.00 e. The number of benzene rings is 2. The molecule has 18 heteroatoms. The molecule has 0 aliphatic carbocycles. The third kappa shape index (κ3) is 14.9. The molecule has 0 aliphatic heterocycles. The summed E-state index contributed by atoms with van der Waals surface area (Å²) in [5, 5.41) is 21.7. The van der Waals surface area contributed by atoms with Gasteiger partial charge < -0.3 is 14.4 Å². The van der Waals surface area contributed by atoms with Crippen LogP contribution in [0.25, 0.3) is 6.08 Å². The Morgan fingerprint density at radius 2 is 1.18 bits per heavy atom. The van der Waals surface area contributed by atoms with Crippen LogP contribution in [0.5, 0.6) is 0 Å². The van der Waals surface area contributed by atoms with Crippen LogP contribution in [-0.4, -0.2) is 61.3 Å². The zero-order valence-corrected chi connectivity index (χ0v) is 25.4. The van der Waals surface area contributed by atoms with Gasteiger partial charge in [-0.25, -0.2) is 9.59 Å². The summed E-state index contributed by atoms with van der Waals surface area (Å²) in [4.78, 5) is 55.3. The molecule has 0 unspecified atom stereocenters. The Morgan fingerprint density at radius 1 is 0.825 bits per heavy atom. The summed E-state index contributed by atoms with van der Waals surface area (Å²) < 4.78 is 43.4. The van der Waals surface area contributed by atoms with Crippen LogP contribution in [0.2, 0.25) is 0 Å². The van der Waals surface area contributed by atoms with Crippen LogP contribution in [0.3, 0.4) is 0 Å². The van der Waals surface area contributed by atoms with E-state index >= 15 is 0 Å². The van der Waals surface area contributed by atoms with Crippen molar-refractivity contribution in [2.24, 2.45) is 0 Å². The van der Waals surface area contributed by atoms with Crippen molar-refractivity contribution >= 4 is 35.7 Å². The summed E-state index contributed by atoms with van der Waals surface area (Å²) in [6.07, 6.45) is 3.57. The fraction of sp³-hybridized carbons (Fsp3) is 0.227. The molecule has 16 nitrogen and oxygen atoms in total. The van der Waals surface area contributed by atoms with Gasteiger partial charge >= 0.3 is 41.5 Å². The van der Waals surface area contributed by atoms with Crippen LogP contribution in [0.15, 0.2) is 42.6 Å². The number of para-hydroxylation sites is 2. The van der Waals surface area contributed by atoms with Gasteiger partial charge in [0.25, 0.3) is 11.4 Å². The first-order chi connectivity index (χ1) is 17.6. The second kappa shape index (κ2) is 19.9. The Morgan fingerprint density at radius 3 is 1.48 bits per heavy atom. The van der Waals surface area contributed by atoms with E-state index in [1.54, 1.807) is 43.4 Å². The number of hydrogen-bond donors (Lipinski definition) is 0. The molecule has 0 spiro atoms. The van der Waals surface area contributed by atoms with Crippen molar-refractivity contribution in [3.63, 3.8) is 0 Å². The topological polar surface area (TPSA) is 251 Å². The van der Waals surface area contributed by atoms with Crippen LogP contribution in [-0.2, 0) is 9.47 Å². The summed E-state index contributed by atoms with van der Waals surface area (Å²) in [6, 6.07) is 8.40. The zero-order valence-electron chi connectivity index (χ0n) is 21.2. The first-order valence-electron chi connectivity index (χ1n) is 9.71. The van der Waals surface area contributed by atoms with Crippen LogP contribution >= 0.6 is 0 Å². The van der Waals surface area contributed by atoms with E-state index in [2.05, 4.69) is 9.47 Å². The number of ether oxygens (including phenoxy) is 2. The van der Waals surface area contributed by atoms with Crippen molar-refractivity contribution in [3.05, 3.63) is 85.1 Å². The second-order valence-electron chi connectivity index (χ2n) is 6.76. The van der Waals surface area contributed by atoms with Crippen LogP contribution in [0.4, 0.5) is 11.4 Å². The molecule has 0 aromatic heterocycles. The van der Waals surface area contributed by atoms with Gasteiger partial charge in [-0.2, -0.15) is 0 Å². The fourth-order valence-electron chi connectivity index (χ4n) is 2.54. The van der Waals surface area contributed by atoms with E-state index in [1.165, 1.54) is 31.4 Å². The van der Waals surface area contributed by atoms with E-state index in [4.69, 9.17) is 13.7 Å². The number of methoxy groups -OCH3 is 2. The molecule has 40 heavy (non-hydrogen) atoms. The van der Waals surface area contributed by atoms with Gasteiger partial charge in [0.1, 0.15) is 31.2 Å². The number of carbonyl (C=O) groups is 3. The average Bonchev–Trinajstić information content (AvgIpc) is 2.84. The van der Waals surface area contributed by atoms with Crippen molar-refractivity contribution in [3.8, 4) is 0 Å². The number of carbonyl (C=O) groups excluding carboxylic acids is 3. The van der Waals surface area contributed by atoms with E-state index < -0.39 is 47.6 Å². The van der Waals surface area contributed by atoms with E-state index in [0.717, 1.165) is 7.11 Å². The molecule has 0 N–H and O–H groups in total.